The lowest BCUT2D eigenvalue weighted by molar-refractivity contribution is 0.0515. The van der Waals surface area contributed by atoms with Crippen LogP contribution in [0.15, 0.2) is 90.6 Å². The molecule has 6 heteroatoms. The van der Waals surface area contributed by atoms with Crippen LogP contribution in [0.1, 0.15) is 15.9 Å². The number of carbonyl (C=O) groups is 1. The first-order chi connectivity index (χ1) is 14.2. The number of methoxy groups -OCH3 is 1. The third-order valence-corrected chi connectivity index (χ3v) is 4.54. The molecule has 0 saturated heterocycles. The van der Waals surface area contributed by atoms with Crippen molar-refractivity contribution in [2.75, 3.05) is 7.11 Å². The highest BCUT2D eigenvalue weighted by molar-refractivity contribution is 6.03. The van der Waals surface area contributed by atoms with Gasteiger partial charge in [0.2, 0.25) is 0 Å². The molecule has 0 unspecified atom stereocenters. The average molecular weight is 385 g/mol. The Balaban J connectivity index is 1.62. The van der Waals surface area contributed by atoms with Crippen molar-refractivity contribution in [1.29, 1.82) is 0 Å². The summed E-state index contributed by atoms with van der Waals surface area (Å²) in [5.41, 5.74) is 1.89. The molecular formula is C23H19N3O3. The first-order valence-electron chi connectivity index (χ1n) is 9.10. The molecule has 29 heavy (non-hydrogen) atoms. The van der Waals surface area contributed by atoms with E-state index >= 15 is 0 Å². The number of hydrogen-bond donors (Lipinski definition) is 0. The molecule has 1 aromatic heterocycles. The van der Waals surface area contributed by atoms with Crippen LogP contribution < -0.4 is 4.74 Å². The van der Waals surface area contributed by atoms with Gasteiger partial charge in [-0.3, -0.25) is 0 Å². The van der Waals surface area contributed by atoms with Crippen molar-refractivity contribution in [3.63, 3.8) is 0 Å². The average Bonchev–Trinajstić information content (AvgIpc) is 3.29. The molecule has 0 fully saturated rings. The first kappa shape index (κ1) is 18.4. The quantitative estimate of drug-likeness (QED) is 0.282. The van der Waals surface area contributed by atoms with E-state index in [0.29, 0.717) is 23.6 Å². The van der Waals surface area contributed by atoms with Gasteiger partial charge in [-0.15, -0.1) is 0 Å². The molecule has 0 radical (unpaired) electrons. The van der Waals surface area contributed by atoms with E-state index in [1.807, 2.05) is 47.2 Å². The molecular weight excluding hydrogens is 366 g/mol. The number of fused-ring (bicyclic) bond motifs is 1. The van der Waals surface area contributed by atoms with Gasteiger partial charge in [0.15, 0.2) is 0 Å². The molecule has 3 aromatic carbocycles. The maximum absolute atomic E-state index is 12.4. The maximum Gasteiger partial charge on any atom is 0.365 e. The fraction of sp³-hybridized carbons (Fsp3) is 0.0870. The van der Waals surface area contributed by atoms with Crippen molar-refractivity contribution in [3.05, 3.63) is 96.6 Å². The molecule has 0 saturated carbocycles. The lowest BCUT2D eigenvalue weighted by Crippen LogP contribution is -2.13. The van der Waals surface area contributed by atoms with Crippen molar-refractivity contribution in [2.45, 2.75) is 6.54 Å². The Hall–Kier alpha value is -3.93. The van der Waals surface area contributed by atoms with E-state index in [0.717, 1.165) is 16.3 Å². The van der Waals surface area contributed by atoms with Crippen LogP contribution >= 0.6 is 0 Å². The number of hydrogen-bond acceptors (Lipinski definition) is 5. The Morgan fingerprint density at radius 3 is 2.48 bits per heavy atom. The van der Waals surface area contributed by atoms with Crippen LogP contribution in [-0.2, 0) is 11.4 Å². The molecule has 0 aliphatic carbocycles. The van der Waals surface area contributed by atoms with Crippen molar-refractivity contribution < 1.29 is 14.4 Å². The molecule has 0 amide bonds. The zero-order valence-electron chi connectivity index (χ0n) is 15.9. The van der Waals surface area contributed by atoms with Crippen molar-refractivity contribution >= 4 is 22.5 Å². The third kappa shape index (κ3) is 4.32. The van der Waals surface area contributed by atoms with Crippen LogP contribution in [0.2, 0.25) is 0 Å². The summed E-state index contributed by atoms with van der Waals surface area (Å²) < 4.78 is 6.98. The second kappa shape index (κ2) is 8.39. The van der Waals surface area contributed by atoms with Gasteiger partial charge in [0.25, 0.3) is 0 Å². The van der Waals surface area contributed by atoms with Crippen LogP contribution in [0, 0.1) is 0 Å². The Labute approximate surface area is 168 Å². The molecule has 0 spiro atoms. The van der Waals surface area contributed by atoms with Crippen LogP contribution in [0.5, 0.6) is 5.75 Å². The van der Waals surface area contributed by atoms with Gasteiger partial charge in [-0.25, -0.2) is 9.78 Å². The highest BCUT2D eigenvalue weighted by Crippen LogP contribution is 2.18. The number of nitrogens with zero attached hydrogens (tertiary/aromatic N) is 3. The Morgan fingerprint density at radius 2 is 1.76 bits per heavy atom. The van der Waals surface area contributed by atoms with Crippen molar-refractivity contribution in [3.8, 4) is 5.75 Å². The Morgan fingerprint density at radius 1 is 1.00 bits per heavy atom. The summed E-state index contributed by atoms with van der Waals surface area (Å²) in [5, 5.41) is 6.40. The van der Waals surface area contributed by atoms with E-state index in [-0.39, 0.29) is 0 Å². The van der Waals surface area contributed by atoms with E-state index in [4.69, 9.17) is 9.57 Å². The predicted molar refractivity (Wildman–Crippen MR) is 111 cm³/mol. The summed E-state index contributed by atoms with van der Waals surface area (Å²) >= 11 is 0. The fourth-order valence-corrected chi connectivity index (χ4v) is 2.97. The van der Waals surface area contributed by atoms with Gasteiger partial charge in [-0.2, -0.15) is 0 Å². The highest BCUT2D eigenvalue weighted by Gasteiger charge is 2.11. The van der Waals surface area contributed by atoms with E-state index in [2.05, 4.69) is 16.2 Å². The molecule has 0 N–H and O–H groups in total. The van der Waals surface area contributed by atoms with Crippen molar-refractivity contribution in [1.82, 2.24) is 9.55 Å². The summed E-state index contributed by atoms with van der Waals surface area (Å²) in [7, 11) is 1.57. The topological polar surface area (TPSA) is 65.7 Å². The smallest absolute Gasteiger partial charge is 0.365 e. The number of carbonyl (C=O) groups excluding carboxylic acids is 1. The molecule has 144 valence electrons. The minimum absolute atomic E-state index is 0.398. The number of rotatable bonds is 6. The maximum atomic E-state index is 12.4. The largest absolute Gasteiger partial charge is 0.497 e. The minimum atomic E-state index is -0.531. The van der Waals surface area contributed by atoms with Crippen LogP contribution in [0.4, 0.5) is 0 Å². The Bertz CT molecular complexity index is 1150. The Kier molecular flexibility index (Phi) is 5.33. The van der Waals surface area contributed by atoms with Crippen molar-refractivity contribution in [2.24, 2.45) is 5.16 Å². The highest BCUT2D eigenvalue weighted by atomic mass is 16.7. The van der Waals surface area contributed by atoms with Crippen LogP contribution in [0.25, 0.3) is 10.8 Å². The molecule has 0 aliphatic rings. The van der Waals surface area contributed by atoms with Crippen LogP contribution in [-0.4, -0.2) is 28.3 Å². The molecule has 1 heterocycles. The predicted octanol–water partition coefficient (Wildman–Crippen LogP) is 4.31. The normalized spacial score (nSPS) is 11.4. The number of aromatic nitrogens is 2. The zero-order chi connectivity index (χ0) is 20.1. The minimum Gasteiger partial charge on any atom is -0.497 e. The van der Waals surface area contributed by atoms with Gasteiger partial charge in [0.05, 0.1) is 25.5 Å². The van der Waals surface area contributed by atoms with Gasteiger partial charge in [0.1, 0.15) is 11.5 Å². The van der Waals surface area contributed by atoms with Gasteiger partial charge in [0, 0.05) is 18.0 Å². The molecule has 0 aliphatic heterocycles. The first-order valence-corrected chi connectivity index (χ1v) is 9.10. The molecule has 6 nitrogen and oxygen atoms in total. The zero-order valence-corrected chi connectivity index (χ0v) is 15.9. The molecule has 0 bridgehead atoms. The fourth-order valence-electron chi connectivity index (χ4n) is 2.97. The second-order valence-corrected chi connectivity index (χ2v) is 6.44. The number of imidazole rings is 1. The summed E-state index contributed by atoms with van der Waals surface area (Å²) in [4.78, 5) is 21.7. The molecule has 0 atom stereocenters. The van der Waals surface area contributed by atoms with E-state index in [1.165, 1.54) is 0 Å². The molecule has 4 rings (SSSR count). The molecule has 4 aromatic rings. The van der Waals surface area contributed by atoms with Gasteiger partial charge in [-0.05, 0) is 41.1 Å². The number of oxime groups is 1. The van der Waals surface area contributed by atoms with Gasteiger partial charge in [-0.1, -0.05) is 41.6 Å². The lowest BCUT2D eigenvalue weighted by Gasteiger charge is -2.09. The lowest BCUT2D eigenvalue weighted by atomic mass is 10.0. The summed E-state index contributed by atoms with van der Waals surface area (Å²) in [6.45, 7) is 0.425. The second-order valence-electron chi connectivity index (χ2n) is 6.44. The van der Waals surface area contributed by atoms with Crippen LogP contribution in [0.3, 0.4) is 0 Å². The summed E-state index contributed by atoms with van der Waals surface area (Å²) in [6, 6.07) is 20.8. The summed E-state index contributed by atoms with van der Waals surface area (Å²) in [5.74, 6) is 0.138. The van der Waals surface area contributed by atoms with E-state index in [1.54, 1.807) is 43.9 Å². The van der Waals surface area contributed by atoms with E-state index in [9.17, 15) is 4.79 Å². The standard InChI is InChI=1S/C23H19N3O3/c1-28-21-10-8-18(9-11-21)23(27)29-25-22(15-26-13-12-24-16-26)20-7-6-17-4-2-3-5-19(17)14-20/h2-14,16H,15H2,1H3/b25-22-. The third-order valence-electron chi connectivity index (χ3n) is 4.54. The summed E-state index contributed by atoms with van der Waals surface area (Å²) in [6.07, 6.45) is 5.23. The van der Waals surface area contributed by atoms with E-state index < -0.39 is 5.97 Å². The SMILES string of the molecule is COc1ccc(C(=O)O/N=C(/Cn2ccnc2)c2ccc3ccccc3c2)cc1. The number of ether oxygens (including phenoxy) is 1. The van der Waals surface area contributed by atoms with Gasteiger partial charge < -0.3 is 14.1 Å². The number of benzene rings is 3. The monoisotopic (exact) mass is 385 g/mol. The van der Waals surface area contributed by atoms with Gasteiger partial charge >= 0.3 is 5.97 Å².